The van der Waals surface area contributed by atoms with Gasteiger partial charge in [0.25, 0.3) is 0 Å². The van der Waals surface area contributed by atoms with Gasteiger partial charge >= 0.3 is 0 Å². The van der Waals surface area contributed by atoms with E-state index in [0.717, 1.165) is 17.9 Å². The molecule has 0 saturated heterocycles. The van der Waals surface area contributed by atoms with Crippen molar-refractivity contribution in [2.45, 2.75) is 19.9 Å². The van der Waals surface area contributed by atoms with Gasteiger partial charge in [-0.2, -0.15) is 0 Å². The van der Waals surface area contributed by atoms with E-state index in [-0.39, 0.29) is 0 Å². The van der Waals surface area contributed by atoms with Crippen LogP contribution in [0.3, 0.4) is 0 Å². The lowest BCUT2D eigenvalue weighted by Gasteiger charge is -2.08. The van der Waals surface area contributed by atoms with Crippen LogP contribution >= 0.6 is 0 Å². The minimum atomic E-state index is 0.573. The molecule has 0 fully saturated rings. The fourth-order valence-corrected chi connectivity index (χ4v) is 1.69. The van der Waals surface area contributed by atoms with Gasteiger partial charge in [-0.3, -0.25) is 0 Å². The molecule has 1 heterocycles. The van der Waals surface area contributed by atoms with E-state index >= 15 is 0 Å². The summed E-state index contributed by atoms with van der Waals surface area (Å²) < 4.78 is 7.48. The maximum Gasteiger partial charge on any atom is 0.119 e. The molecule has 2 aromatic rings. The van der Waals surface area contributed by atoms with Gasteiger partial charge in [-0.1, -0.05) is 22.9 Å². The van der Waals surface area contributed by atoms with Gasteiger partial charge in [0.2, 0.25) is 0 Å². The molecule has 2 rings (SSSR count). The first-order chi connectivity index (χ1) is 8.79. The summed E-state index contributed by atoms with van der Waals surface area (Å²) in [6.07, 6.45) is 2.54. The van der Waals surface area contributed by atoms with Crippen molar-refractivity contribution in [3.63, 3.8) is 0 Å². The van der Waals surface area contributed by atoms with Crippen LogP contribution in [0.5, 0.6) is 5.75 Å². The van der Waals surface area contributed by atoms with Gasteiger partial charge in [0, 0.05) is 6.42 Å². The number of ether oxygens (including phenoxy) is 1. The maximum atomic E-state index is 5.65. The number of hydrogen-bond acceptors (Lipinski definition) is 4. The fourth-order valence-electron chi connectivity index (χ4n) is 1.69. The number of aryl methyl sites for hydroxylation is 1. The first-order valence-electron chi connectivity index (χ1n) is 6.06. The van der Waals surface area contributed by atoms with Crippen LogP contribution in [-0.2, 0) is 13.0 Å². The number of hydrogen-bond donors (Lipinski definition) is 1. The Labute approximate surface area is 107 Å². The van der Waals surface area contributed by atoms with Crippen LogP contribution in [0.2, 0.25) is 0 Å². The molecule has 5 heteroatoms. The average Bonchev–Trinajstić information content (AvgIpc) is 2.80. The molecular formula is C13H18N4O. The van der Waals surface area contributed by atoms with Gasteiger partial charge in [0.05, 0.1) is 18.4 Å². The highest BCUT2D eigenvalue weighted by molar-refractivity contribution is 5.26. The van der Waals surface area contributed by atoms with Crippen LogP contribution in [0.15, 0.2) is 30.5 Å². The SMILES string of the molecule is Cc1ccc(OCCn2nncc2CCN)cc1. The number of nitrogens with zero attached hydrogens (tertiary/aromatic N) is 3. The molecule has 2 N–H and O–H groups in total. The Bertz CT molecular complexity index is 478. The molecule has 0 radical (unpaired) electrons. The molecule has 0 aliphatic heterocycles. The zero-order valence-electron chi connectivity index (χ0n) is 10.5. The minimum absolute atomic E-state index is 0.573. The Morgan fingerprint density at radius 2 is 2.06 bits per heavy atom. The van der Waals surface area contributed by atoms with Gasteiger partial charge < -0.3 is 10.5 Å². The van der Waals surface area contributed by atoms with Crippen LogP contribution < -0.4 is 10.5 Å². The van der Waals surface area contributed by atoms with Crippen LogP contribution in [0, 0.1) is 6.92 Å². The lowest BCUT2D eigenvalue weighted by molar-refractivity contribution is 0.287. The normalized spacial score (nSPS) is 10.6. The second kappa shape index (κ2) is 6.16. The second-order valence-electron chi connectivity index (χ2n) is 4.15. The largest absolute Gasteiger partial charge is 0.492 e. The molecule has 0 atom stereocenters. The van der Waals surface area contributed by atoms with Crippen molar-refractivity contribution in [2.24, 2.45) is 5.73 Å². The van der Waals surface area contributed by atoms with Crippen molar-refractivity contribution in [2.75, 3.05) is 13.2 Å². The molecule has 0 amide bonds. The topological polar surface area (TPSA) is 66.0 Å². The van der Waals surface area contributed by atoms with Crippen molar-refractivity contribution in [1.29, 1.82) is 0 Å². The van der Waals surface area contributed by atoms with Gasteiger partial charge in [0.1, 0.15) is 12.4 Å². The molecule has 0 aliphatic carbocycles. The molecule has 5 nitrogen and oxygen atoms in total. The standard InChI is InChI=1S/C13H18N4O/c1-11-2-4-13(5-3-11)18-9-8-17-12(6-7-14)10-15-16-17/h2-5,10H,6-9,14H2,1H3. The first-order valence-corrected chi connectivity index (χ1v) is 6.06. The second-order valence-corrected chi connectivity index (χ2v) is 4.15. The van der Waals surface area contributed by atoms with E-state index in [1.54, 1.807) is 6.20 Å². The Balaban J connectivity index is 1.84. The van der Waals surface area contributed by atoms with E-state index in [4.69, 9.17) is 10.5 Å². The van der Waals surface area contributed by atoms with E-state index in [2.05, 4.69) is 17.2 Å². The third kappa shape index (κ3) is 3.30. The predicted octanol–water partition coefficient (Wildman–Crippen LogP) is 1.17. The molecule has 0 unspecified atom stereocenters. The highest BCUT2D eigenvalue weighted by Crippen LogP contribution is 2.11. The summed E-state index contributed by atoms with van der Waals surface area (Å²) in [6, 6.07) is 8.00. The summed E-state index contributed by atoms with van der Waals surface area (Å²) in [7, 11) is 0. The lowest BCUT2D eigenvalue weighted by Crippen LogP contribution is -2.14. The highest BCUT2D eigenvalue weighted by Gasteiger charge is 2.02. The molecule has 1 aromatic carbocycles. The summed E-state index contributed by atoms with van der Waals surface area (Å²) in [4.78, 5) is 0. The number of aromatic nitrogens is 3. The summed E-state index contributed by atoms with van der Waals surface area (Å²) in [5, 5.41) is 7.89. The summed E-state index contributed by atoms with van der Waals surface area (Å²) in [5.74, 6) is 0.876. The first kappa shape index (κ1) is 12.6. The summed E-state index contributed by atoms with van der Waals surface area (Å²) >= 11 is 0. The fraction of sp³-hybridized carbons (Fsp3) is 0.385. The van der Waals surface area contributed by atoms with Crippen molar-refractivity contribution in [3.05, 3.63) is 41.7 Å². The Kier molecular flexibility index (Phi) is 4.30. The van der Waals surface area contributed by atoms with Crippen LogP contribution in [0.4, 0.5) is 0 Å². The van der Waals surface area contributed by atoms with Gasteiger partial charge in [0.15, 0.2) is 0 Å². The molecule has 0 bridgehead atoms. The van der Waals surface area contributed by atoms with E-state index in [0.29, 0.717) is 19.7 Å². The van der Waals surface area contributed by atoms with Crippen LogP contribution in [-0.4, -0.2) is 28.1 Å². The van der Waals surface area contributed by atoms with E-state index in [1.165, 1.54) is 5.56 Å². The molecular weight excluding hydrogens is 228 g/mol. The van der Waals surface area contributed by atoms with Crippen LogP contribution in [0.1, 0.15) is 11.3 Å². The third-order valence-electron chi connectivity index (χ3n) is 2.69. The molecule has 0 spiro atoms. The predicted molar refractivity (Wildman–Crippen MR) is 69.5 cm³/mol. The van der Waals surface area contributed by atoms with Gasteiger partial charge in [-0.15, -0.1) is 5.10 Å². The monoisotopic (exact) mass is 246 g/mol. The molecule has 1 aromatic heterocycles. The zero-order valence-corrected chi connectivity index (χ0v) is 10.5. The molecule has 0 aliphatic rings. The number of rotatable bonds is 6. The Morgan fingerprint density at radius 3 is 2.78 bits per heavy atom. The smallest absolute Gasteiger partial charge is 0.119 e. The van der Waals surface area contributed by atoms with E-state index in [9.17, 15) is 0 Å². The molecule has 18 heavy (non-hydrogen) atoms. The van der Waals surface area contributed by atoms with Crippen molar-refractivity contribution < 1.29 is 4.74 Å². The number of nitrogens with two attached hydrogens (primary N) is 1. The summed E-state index contributed by atoms with van der Waals surface area (Å²) in [5.41, 5.74) is 7.79. The van der Waals surface area contributed by atoms with Crippen molar-refractivity contribution >= 4 is 0 Å². The van der Waals surface area contributed by atoms with E-state index in [1.807, 2.05) is 28.9 Å². The van der Waals surface area contributed by atoms with Gasteiger partial charge in [-0.05, 0) is 25.6 Å². The van der Waals surface area contributed by atoms with E-state index < -0.39 is 0 Å². The average molecular weight is 246 g/mol. The minimum Gasteiger partial charge on any atom is -0.492 e. The van der Waals surface area contributed by atoms with Crippen molar-refractivity contribution in [3.8, 4) is 5.75 Å². The lowest BCUT2D eigenvalue weighted by atomic mass is 10.2. The molecule has 96 valence electrons. The zero-order chi connectivity index (χ0) is 12.8. The van der Waals surface area contributed by atoms with Crippen molar-refractivity contribution in [1.82, 2.24) is 15.0 Å². The number of benzene rings is 1. The maximum absolute atomic E-state index is 5.65. The molecule has 0 saturated carbocycles. The summed E-state index contributed by atoms with van der Waals surface area (Å²) in [6.45, 7) is 3.91. The third-order valence-corrected chi connectivity index (χ3v) is 2.69. The Morgan fingerprint density at radius 1 is 1.28 bits per heavy atom. The quantitative estimate of drug-likeness (QED) is 0.830. The highest BCUT2D eigenvalue weighted by atomic mass is 16.5. The van der Waals surface area contributed by atoms with Crippen LogP contribution in [0.25, 0.3) is 0 Å². The van der Waals surface area contributed by atoms with Gasteiger partial charge in [-0.25, -0.2) is 4.68 Å². The Hall–Kier alpha value is -1.88.